The van der Waals surface area contributed by atoms with Gasteiger partial charge in [-0.1, -0.05) is 30.3 Å². The van der Waals surface area contributed by atoms with Gasteiger partial charge in [0, 0.05) is 63.0 Å². The van der Waals surface area contributed by atoms with E-state index in [4.69, 9.17) is 12.2 Å². The summed E-state index contributed by atoms with van der Waals surface area (Å²) in [7, 11) is 4.22. The summed E-state index contributed by atoms with van der Waals surface area (Å²) in [6, 6.07) is 11.6. The van der Waals surface area contributed by atoms with Crippen LogP contribution in [0.4, 0.5) is 0 Å². The van der Waals surface area contributed by atoms with Gasteiger partial charge in [-0.3, -0.25) is 14.4 Å². The fourth-order valence-corrected chi connectivity index (χ4v) is 6.10. The Morgan fingerprint density at radius 3 is 2.57 bits per heavy atom. The van der Waals surface area contributed by atoms with Gasteiger partial charge in [-0.15, -0.1) is 0 Å². The van der Waals surface area contributed by atoms with Crippen LogP contribution in [-0.2, 0) is 24.8 Å². The highest BCUT2D eigenvalue weighted by Crippen LogP contribution is 2.28. The lowest BCUT2D eigenvalue weighted by molar-refractivity contribution is -0.133. The van der Waals surface area contributed by atoms with Gasteiger partial charge in [0.2, 0.25) is 5.91 Å². The second-order valence-corrected chi connectivity index (χ2v) is 10.9. The van der Waals surface area contributed by atoms with Crippen molar-refractivity contribution in [1.29, 1.82) is 0 Å². The lowest BCUT2D eigenvalue weighted by Crippen LogP contribution is -2.55. The van der Waals surface area contributed by atoms with Gasteiger partial charge in [0.25, 0.3) is 0 Å². The molecule has 4 rings (SSSR count). The number of hydrogen-bond donors (Lipinski definition) is 2. The first-order valence-corrected chi connectivity index (χ1v) is 13.3. The number of aryl methyl sites for hydroxylation is 2. The number of nitrogens with one attached hydrogen (secondary N) is 2. The molecule has 35 heavy (non-hydrogen) atoms. The van der Waals surface area contributed by atoms with Gasteiger partial charge in [-0.25, -0.2) is 0 Å². The molecule has 0 aliphatic carbocycles. The largest absolute Gasteiger partial charge is 0.360 e. The number of hydrogen-bond acceptors (Lipinski definition) is 4. The Morgan fingerprint density at radius 2 is 1.94 bits per heavy atom. The summed E-state index contributed by atoms with van der Waals surface area (Å²) >= 11 is 5.29. The van der Waals surface area contributed by atoms with Gasteiger partial charge in [0.15, 0.2) is 5.11 Å². The molecule has 0 unspecified atom stereocenters. The first-order valence-electron chi connectivity index (χ1n) is 12.9. The summed E-state index contributed by atoms with van der Waals surface area (Å²) in [5, 5.41) is 11.7. The molecule has 2 aliphatic rings. The van der Waals surface area contributed by atoms with Crippen molar-refractivity contribution in [3.8, 4) is 0 Å². The van der Waals surface area contributed by atoms with Crippen molar-refractivity contribution in [2.75, 3.05) is 20.1 Å². The van der Waals surface area contributed by atoms with Crippen molar-refractivity contribution in [3.63, 3.8) is 0 Å². The number of nitrogens with zero attached hydrogens (tertiary/aromatic N) is 4. The Kier molecular flexibility index (Phi) is 8.44. The number of carbonyl (C=O) groups excluding carboxylic acids is 1. The third-order valence-corrected chi connectivity index (χ3v) is 7.83. The van der Waals surface area contributed by atoms with Gasteiger partial charge in [-0.05, 0) is 70.3 Å². The van der Waals surface area contributed by atoms with Gasteiger partial charge in [-0.2, -0.15) is 5.10 Å². The second kappa shape index (κ2) is 11.5. The predicted molar refractivity (Wildman–Crippen MR) is 144 cm³/mol. The number of piperidine rings is 1. The van der Waals surface area contributed by atoms with Crippen LogP contribution in [0.5, 0.6) is 0 Å². The topological polar surface area (TPSA) is 65.4 Å². The number of aromatic nitrogens is 2. The molecule has 8 heteroatoms. The second-order valence-electron chi connectivity index (χ2n) is 10.5. The van der Waals surface area contributed by atoms with E-state index in [1.807, 2.05) is 11.7 Å². The summed E-state index contributed by atoms with van der Waals surface area (Å²) in [6.07, 6.45) is 6.66. The van der Waals surface area contributed by atoms with E-state index in [1.165, 1.54) is 11.1 Å². The monoisotopic (exact) mass is 496 g/mol. The minimum Gasteiger partial charge on any atom is -0.360 e. The van der Waals surface area contributed by atoms with Crippen LogP contribution in [0.15, 0.2) is 36.5 Å². The molecule has 2 fully saturated rings. The number of rotatable bonds is 8. The smallest absolute Gasteiger partial charge is 0.224 e. The average molecular weight is 497 g/mol. The van der Waals surface area contributed by atoms with Gasteiger partial charge < -0.3 is 15.5 Å². The van der Waals surface area contributed by atoms with Crippen molar-refractivity contribution < 1.29 is 4.79 Å². The zero-order valence-corrected chi connectivity index (χ0v) is 22.4. The number of carbonyl (C=O) groups is 1. The average Bonchev–Trinajstić information content (AvgIpc) is 3.13. The third kappa shape index (κ3) is 6.82. The van der Waals surface area contributed by atoms with Gasteiger partial charge >= 0.3 is 0 Å². The predicted octanol–water partition coefficient (Wildman–Crippen LogP) is 3.03. The molecule has 1 aromatic heterocycles. The van der Waals surface area contributed by atoms with Crippen molar-refractivity contribution in [1.82, 2.24) is 30.2 Å². The molecular weight excluding hydrogens is 456 g/mol. The van der Waals surface area contributed by atoms with Crippen LogP contribution in [0.2, 0.25) is 0 Å². The molecule has 2 N–H and O–H groups in total. The summed E-state index contributed by atoms with van der Waals surface area (Å²) in [5.41, 5.74) is 3.74. The molecule has 1 amide bonds. The fraction of sp³-hybridized carbons (Fsp3) is 0.593. The summed E-state index contributed by atoms with van der Waals surface area (Å²) in [6.45, 7) is 6.76. The minimum atomic E-state index is 0.128. The third-order valence-electron chi connectivity index (χ3n) is 7.60. The van der Waals surface area contributed by atoms with Crippen LogP contribution in [0, 0.1) is 12.8 Å². The highest BCUT2D eigenvalue weighted by Gasteiger charge is 2.32. The Hall–Kier alpha value is -2.45. The number of amides is 1. The molecule has 0 spiro atoms. The molecule has 190 valence electrons. The van der Waals surface area contributed by atoms with E-state index in [0.717, 1.165) is 51.0 Å². The van der Waals surface area contributed by atoms with Crippen LogP contribution in [-0.4, -0.2) is 68.9 Å². The van der Waals surface area contributed by atoms with Crippen LogP contribution in [0.25, 0.3) is 0 Å². The molecule has 1 aromatic carbocycles. The van der Waals surface area contributed by atoms with Crippen LogP contribution >= 0.6 is 12.2 Å². The number of benzene rings is 1. The Bertz CT molecular complexity index is 1000. The van der Waals surface area contributed by atoms with E-state index in [9.17, 15) is 4.79 Å². The quantitative estimate of drug-likeness (QED) is 0.548. The SMILES string of the molecule is Cc1nn(C)cc1CN(C)[C@@H](Cc1ccccc1)C1CCN(C(=O)C[C@@H]2C[C@@H](C)NC(=S)N2)CC1. The molecule has 2 saturated heterocycles. The maximum absolute atomic E-state index is 13.1. The summed E-state index contributed by atoms with van der Waals surface area (Å²) in [4.78, 5) is 17.6. The van der Waals surface area contributed by atoms with Crippen molar-refractivity contribution >= 4 is 23.2 Å². The molecule has 2 aliphatic heterocycles. The minimum absolute atomic E-state index is 0.128. The molecule has 7 nitrogen and oxygen atoms in total. The molecule has 0 bridgehead atoms. The molecule has 0 radical (unpaired) electrons. The van der Waals surface area contributed by atoms with E-state index in [0.29, 0.717) is 29.5 Å². The number of likely N-dealkylation sites (N-methyl/N-ethyl adjacent to an activating group) is 1. The Labute approximate surface area is 215 Å². The molecular formula is C27H40N6OS. The zero-order chi connectivity index (χ0) is 24.9. The van der Waals surface area contributed by atoms with Gasteiger partial charge in [0.1, 0.15) is 0 Å². The van der Waals surface area contributed by atoms with Crippen molar-refractivity contribution in [3.05, 3.63) is 53.3 Å². The van der Waals surface area contributed by atoms with Crippen LogP contribution < -0.4 is 10.6 Å². The zero-order valence-electron chi connectivity index (χ0n) is 21.5. The van der Waals surface area contributed by atoms with Crippen molar-refractivity contribution in [2.24, 2.45) is 13.0 Å². The van der Waals surface area contributed by atoms with Crippen molar-refractivity contribution in [2.45, 2.75) is 70.6 Å². The fourth-order valence-electron chi connectivity index (χ4n) is 5.73. The highest BCUT2D eigenvalue weighted by atomic mass is 32.1. The lowest BCUT2D eigenvalue weighted by Gasteiger charge is -2.41. The first-order chi connectivity index (χ1) is 16.8. The molecule has 3 heterocycles. The van der Waals surface area contributed by atoms with Gasteiger partial charge in [0.05, 0.1) is 5.69 Å². The maximum atomic E-state index is 13.1. The molecule has 2 aromatic rings. The van der Waals surface area contributed by atoms with Crippen LogP contribution in [0.3, 0.4) is 0 Å². The summed E-state index contributed by atoms with van der Waals surface area (Å²) < 4.78 is 1.90. The number of likely N-dealkylation sites (tertiary alicyclic amines) is 1. The highest BCUT2D eigenvalue weighted by molar-refractivity contribution is 7.80. The Balaban J connectivity index is 1.38. The maximum Gasteiger partial charge on any atom is 0.224 e. The summed E-state index contributed by atoms with van der Waals surface area (Å²) in [5.74, 6) is 0.794. The molecule has 3 atom stereocenters. The van der Waals surface area contributed by atoms with Crippen LogP contribution in [0.1, 0.15) is 49.4 Å². The normalized spacial score (nSPS) is 22.1. The van der Waals surface area contributed by atoms with E-state index in [2.05, 4.69) is 83.0 Å². The first kappa shape index (κ1) is 25.6. The Morgan fingerprint density at radius 1 is 1.23 bits per heavy atom. The molecule has 0 saturated carbocycles. The van der Waals surface area contributed by atoms with E-state index >= 15 is 0 Å². The standard InChI is InChI=1S/C27H40N6OS/c1-19-14-24(29-27(35)28-19)16-26(34)33-12-10-22(11-13-33)25(15-21-8-6-5-7-9-21)31(3)17-23-18-32(4)30-20(23)2/h5-9,18-19,22,24-25H,10-17H2,1-4H3,(H2,28,29,35)/t19-,24+,25+/m1/s1. The lowest BCUT2D eigenvalue weighted by atomic mass is 9.84. The number of thiocarbonyl (C=S) groups is 1. The van der Waals surface area contributed by atoms with E-state index in [-0.39, 0.29) is 11.9 Å². The van der Waals surface area contributed by atoms with E-state index < -0.39 is 0 Å². The van der Waals surface area contributed by atoms with E-state index in [1.54, 1.807) is 0 Å².